The number of amides is 2. The lowest BCUT2D eigenvalue weighted by Crippen LogP contribution is -2.19. The molecule has 0 saturated heterocycles. The van der Waals surface area contributed by atoms with Gasteiger partial charge in [0.2, 0.25) is 11.0 Å². The fraction of sp³-hybridized carbons (Fsp3) is 0.0556. The molecule has 0 radical (unpaired) electrons. The topological polar surface area (TPSA) is 96.3 Å². The second kappa shape index (κ2) is 8.63. The van der Waals surface area contributed by atoms with E-state index in [0.29, 0.717) is 15.7 Å². The summed E-state index contributed by atoms with van der Waals surface area (Å²) in [6.07, 6.45) is 1.59. The number of carbonyl (C=O) groups is 2. The molecule has 3 aromatic rings. The number of anilines is 1. The minimum atomic E-state index is -0.311. The van der Waals surface area contributed by atoms with Crippen LogP contribution in [0.4, 0.5) is 5.13 Å². The first-order valence-electron chi connectivity index (χ1n) is 7.76. The third kappa shape index (κ3) is 5.05. The Balaban J connectivity index is 1.51. The van der Waals surface area contributed by atoms with Crippen LogP contribution >= 0.6 is 11.3 Å². The third-order valence-electron chi connectivity index (χ3n) is 3.24. The van der Waals surface area contributed by atoms with Gasteiger partial charge in [-0.1, -0.05) is 59.9 Å². The van der Waals surface area contributed by atoms with E-state index in [9.17, 15) is 9.59 Å². The molecule has 1 heterocycles. The smallest absolute Gasteiger partial charge is 0.257 e. The number of hydrogen-bond acceptors (Lipinski definition) is 6. The van der Waals surface area contributed by atoms with E-state index >= 15 is 0 Å². The summed E-state index contributed by atoms with van der Waals surface area (Å²) in [5.41, 5.74) is 3.85. The van der Waals surface area contributed by atoms with Crippen molar-refractivity contribution in [1.29, 1.82) is 0 Å². The van der Waals surface area contributed by atoms with Crippen LogP contribution < -0.4 is 10.7 Å². The first-order valence-corrected chi connectivity index (χ1v) is 8.58. The minimum absolute atomic E-state index is 0.0327. The highest BCUT2D eigenvalue weighted by Gasteiger charge is 2.12. The summed E-state index contributed by atoms with van der Waals surface area (Å²) < 4.78 is 0. The van der Waals surface area contributed by atoms with Gasteiger partial charge in [0, 0.05) is 5.56 Å². The minimum Gasteiger partial charge on any atom is -0.296 e. The van der Waals surface area contributed by atoms with Gasteiger partial charge in [-0.2, -0.15) is 5.10 Å². The van der Waals surface area contributed by atoms with Crippen LogP contribution in [0, 0.1) is 0 Å². The molecule has 0 unspecified atom stereocenters. The van der Waals surface area contributed by atoms with Crippen LogP contribution in [-0.4, -0.2) is 28.2 Å². The van der Waals surface area contributed by atoms with Crippen molar-refractivity contribution in [2.75, 3.05) is 5.32 Å². The lowest BCUT2D eigenvalue weighted by molar-refractivity contribution is -0.120. The molecule has 3 rings (SSSR count). The number of nitrogens with one attached hydrogen (secondary N) is 2. The highest BCUT2D eigenvalue weighted by Crippen LogP contribution is 2.16. The molecule has 2 N–H and O–H groups in total. The normalized spacial score (nSPS) is 10.6. The maximum absolute atomic E-state index is 12.1. The second-order valence-corrected chi connectivity index (χ2v) is 6.26. The van der Waals surface area contributed by atoms with E-state index in [1.807, 2.05) is 36.4 Å². The van der Waals surface area contributed by atoms with E-state index in [2.05, 4.69) is 26.0 Å². The van der Waals surface area contributed by atoms with Crippen LogP contribution in [0.1, 0.15) is 20.9 Å². The Morgan fingerprint density at radius 2 is 1.69 bits per heavy atom. The summed E-state index contributed by atoms with van der Waals surface area (Å²) in [6.45, 7) is 0. The zero-order valence-electron chi connectivity index (χ0n) is 13.6. The quantitative estimate of drug-likeness (QED) is 0.518. The monoisotopic (exact) mass is 365 g/mol. The summed E-state index contributed by atoms with van der Waals surface area (Å²) in [5.74, 6) is -0.584. The SMILES string of the molecule is O=C(Cc1nnc(NC(=O)c2ccccc2)s1)NN=Cc1ccccc1. The van der Waals surface area contributed by atoms with Crippen LogP contribution in [0.25, 0.3) is 0 Å². The van der Waals surface area contributed by atoms with E-state index < -0.39 is 0 Å². The van der Waals surface area contributed by atoms with Gasteiger partial charge in [0.1, 0.15) is 5.01 Å². The average molecular weight is 365 g/mol. The predicted octanol–water partition coefficient (Wildman–Crippen LogP) is 2.48. The summed E-state index contributed by atoms with van der Waals surface area (Å²) in [6, 6.07) is 18.2. The van der Waals surface area contributed by atoms with Crippen molar-refractivity contribution < 1.29 is 9.59 Å². The molecular weight excluding hydrogens is 350 g/mol. The fourth-order valence-electron chi connectivity index (χ4n) is 2.03. The van der Waals surface area contributed by atoms with E-state index in [1.165, 1.54) is 0 Å². The van der Waals surface area contributed by atoms with Crippen molar-refractivity contribution in [3.63, 3.8) is 0 Å². The lowest BCUT2D eigenvalue weighted by atomic mass is 10.2. The highest BCUT2D eigenvalue weighted by atomic mass is 32.1. The van der Waals surface area contributed by atoms with Crippen LogP contribution in [0.15, 0.2) is 65.8 Å². The van der Waals surface area contributed by atoms with Gasteiger partial charge in [0.25, 0.3) is 5.91 Å². The van der Waals surface area contributed by atoms with Crippen LogP contribution in [-0.2, 0) is 11.2 Å². The summed E-state index contributed by atoms with van der Waals surface area (Å²) >= 11 is 1.15. The van der Waals surface area contributed by atoms with E-state index in [1.54, 1.807) is 30.5 Å². The standard InChI is InChI=1S/C18H15N5O2S/c24-15(21-19-12-13-7-3-1-4-8-13)11-16-22-23-18(26-16)20-17(25)14-9-5-2-6-10-14/h1-10,12H,11H2,(H,21,24)(H,20,23,25). The maximum atomic E-state index is 12.1. The highest BCUT2D eigenvalue weighted by molar-refractivity contribution is 7.15. The Morgan fingerprint density at radius 3 is 2.42 bits per heavy atom. The maximum Gasteiger partial charge on any atom is 0.257 e. The van der Waals surface area contributed by atoms with Gasteiger partial charge in [-0.05, 0) is 17.7 Å². The summed E-state index contributed by atoms with van der Waals surface area (Å²) in [7, 11) is 0. The molecule has 1 aromatic heterocycles. The number of rotatable bonds is 6. The van der Waals surface area contributed by atoms with Crippen LogP contribution in [0.2, 0.25) is 0 Å². The lowest BCUT2D eigenvalue weighted by Gasteiger charge is -1.99. The molecule has 0 fully saturated rings. The van der Waals surface area contributed by atoms with Gasteiger partial charge in [0.05, 0.1) is 12.6 Å². The van der Waals surface area contributed by atoms with Gasteiger partial charge in [-0.25, -0.2) is 5.43 Å². The van der Waals surface area contributed by atoms with Crippen molar-refractivity contribution in [1.82, 2.24) is 15.6 Å². The first kappa shape index (κ1) is 17.4. The number of aromatic nitrogens is 2. The van der Waals surface area contributed by atoms with E-state index in [-0.39, 0.29) is 18.2 Å². The molecule has 0 aliphatic heterocycles. The molecule has 0 atom stereocenters. The van der Waals surface area contributed by atoms with Gasteiger partial charge < -0.3 is 0 Å². The number of benzene rings is 2. The Labute approximate surface area is 153 Å². The molecule has 0 bridgehead atoms. The number of carbonyl (C=O) groups excluding carboxylic acids is 2. The molecule has 130 valence electrons. The fourth-order valence-corrected chi connectivity index (χ4v) is 2.76. The Hall–Kier alpha value is -3.39. The van der Waals surface area contributed by atoms with Crippen molar-refractivity contribution in [3.8, 4) is 0 Å². The molecule has 0 saturated carbocycles. The van der Waals surface area contributed by atoms with Gasteiger partial charge in [0.15, 0.2) is 0 Å². The summed E-state index contributed by atoms with van der Waals surface area (Å²) in [5, 5.41) is 15.2. The van der Waals surface area contributed by atoms with Gasteiger partial charge in [-0.15, -0.1) is 10.2 Å². The molecule has 0 spiro atoms. The largest absolute Gasteiger partial charge is 0.296 e. The molecule has 2 aromatic carbocycles. The first-order chi connectivity index (χ1) is 12.7. The van der Waals surface area contributed by atoms with E-state index in [0.717, 1.165) is 16.9 Å². The Morgan fingerprint density at radius 1 is 1.00 bits per heavy atom. The van der Waals surface area contributed by atoms with Crippen molar-refractivity contribution >= 4 is 34.5 Å². The van der Waals surface area contributed by atoms with Crippen molar-refractivity contribution in [2.24, 2.45) is 5.10 Å². The molecule has 2 amide bonds. The van der Waals surface area contributed by atoms with E-state index in [4.69, 9.17) is 0 Å². The molecular formula is C18H15N5O2S. The number of nitrogens with zero attached hydrogens (tertiary/aromatic N) is 3. The second-order valence-electron chi connectivity index (χ2n) is 5.20. The Bertz CT molecular complexity index is 910. The number of hydrazone groups is 1. The Kier molecular flexibility index (Phi) is 5.79. The predicted molar refractivity (Wildman–Crippen MR) is 100 cm³/mol. The van der Waals surface area contributed by atoms with Gasteiger partial charge in [-0.3, -0.25) is 14.9 Å². The van der Waals surface area contributed by atoms with Crippen molar-refractivity contribution in [2.45, 2.75) is 6.42 Å². The average Bonchev–Trinajstić information content (AvgIpc) is 3.10. The molecule has 7 nitrogen and oxygen atoms in total. The molecule has 0 aliphatic carbocycles. The summed E-state index contributed by atoms with van der Waals surface area (Å²) in [4.78, 5) is 23.9. The van der Waals surface area contributed by atoms with Crippen molar-refractivity contribution in [3.05, 3.63) is 76.8 Å². The third-order valence-corrected chi connectivity index (χ3v) is 4.08. The van der Waals surface area contributed by atoms with Crippen LogP contribution in [0.5, 0.6) is 0 Å². The zero-order chi connectivity index (χ0) is 18.2. The molecule has 8 heteroatoms. The molecule has 0 aliphatic rings. The molecule has 26 heavy (non-hydrogen) atoms. The number of hydrogen-bond donors (Lipinski definition) is 2. The van der Waals surface area contributed by atoms with Crippen LogP contribution in [0.3, 0.4) is 0 Å². The van der Waals surface area contributed by atoms with Gasteiger partial charge >= 0.3 is 0 Å². The zero-order valence-corrected chi connectivity index (χ0v) is 14.4.